The standard InChI is InChI=1S/C11H9N3OS/c15-10-9(13-14-11(16)12-10)7-6-8-4-2-1-3-5-8/h1-7H,(H2,12,14,15,16). The molecule has 16 heavy (non-hydrogen) atoms. The van der Waals surface area contributed by atoms with Gasteiger partial charge in [-0.3, -0.25) is 14.9 Å². The molecular weight excluding hydrogens is 222 g/mol. The monoisotopic (exact) mass is 231 g/mol. The molecule has 0 spiro atoms. The Hall–Kier alpha value is -2.01. The van der Waals surface area contributed by atoms with E-state index in [-0.39, 0.29) is 10.3 Å². The highest BCUT2D eigenvalue weighted by Gasteiger charge is 1.95. The molecule has 0 atom stereocenters. The fraction of sp³-hybridized carbons (Fsp3) is 0. The number of hydrogen-bond donors (Lipinski definition) is 2. The molecule has 0 aliphatic rings. The van der Waals surface area contributed by atoms with Crippen LogP contribution in [0.2, 0.25) is 0 Å². The number of benzene rings is 1. The molecule has 0 bridgehead atoms. The van der Waals surface area contributed by atoms with Crippen molar-refractivity contribution in [2.75, 3.05) is 0 Å². The topological polar surface area (TPSA) is 61.5 Å². The first kappa shape index (κ1) is 10.5. The smallest absolute Gasteiger partial charge is 0.277 e. The largest absolute Gasteiger partial charge is 0.296 e. The summed E-state index contributed by atoms with van der Waals surface area (Å²) in [6, 6.07) is 9.67. The van der Waals surface area contributed by atoms with Gasteiger partial charge in [-0.1, -0.05) is 36.4 Å². The Morgan fingerprint density at radius 2 is 1.94 bits per heavy atom. The van der Waals surface area contributed by atoms with Crippen LogP contribution in [0.4, 0.5) is 0 Å². The first-order chi connectivity index (χ1) is 7.75. The Kier molecular flexibility index (Phi) is 3.07. The van der Waals surface area contributed by atoms with Gasteiger partial charge < -0.3 is 0 Å². The first-order valence-corrected chi connectivity index (χ1v) is 5.09. The summed E-state index contributed by atoms with van der Waals surface area (Å²) in [5, 5.41) is 6.37. The Balaban J connectivity index is 2.31. The Morgan fingerprint density at radius 3 is 2.62 bits per heavy atom. The summed E-state index contributed by atoms with van der Waals surface area (Å²) in [5.41, 5.74) is 1.01. The van der Waals surface area contributed by atoms with E-state index in [2.05, 4.69) is 15.2 Å². The normalized spacial score (nSPS) is 10.8. The van der Waals surface area contributed by atoms with E-state index in [9.17, 15) is 4.79 Å². The summed E-state index contributed by atoms with van der Waals surface area (Å²) in [5.74, 6) is 0. The Bertz CT molecular complexity index is 613. The summed E-state index contributed by atoms with van der Waals surface area (Å²) >= 11 is 4.74. The predicted molar refractivity (Wildman–Crippen MR) is 65.4 cm³/mol. The minimum Gasteiger partial charge on any atom is -0.296 e. The van der Waals surface area contributed by atoms with Crippen LogP contribution in [-0.2, 0) is 0 Å². The van der Waals surface area contributed by atoms with E-state index in [1.807, 2.05) is 36.4 Å². The third kappa shape index (κ3) is 2.52. The van der Waals surface area contributed by atoms with Gasteiger partial charge in [0, 0.05) is 0 Å². The van der Waals surface area contributed by atoms with Crippen molar-refractivity contribution in [3.63, 3.8) is 0 Å². The molecule has 2 aromatic rings. The molecule has 0 saturated carbocycles. The average molecular weight is 231 g/mol. The molecule has 1 aromatic carbocycles. The first-order valence-electron chi connectivity index (χ1n) is 4.68. The molecule has 2 N–H and O–H groups in total. The third-order valence-electron chi connectivity index (χ3n) is 1.97. The van der Waals surface area contributed by atoms with Crippen LogP contribution in [0.15, 0.2) is 35.1 Å². The molecule has 0 saturated heterocycles. The molecule has 80 valence electrons. The zero-order valence-corrected chi connectivity index (χ0v) is 9.12. The quantitative estimate of drug-likeness (QED) is 0.777. The van der Waals surface area contributed by atoms with Gasteiger partial charge in [0.1, 0.15) is 5.69 Å². The molecule has 1 heterocycles. The summed E-state index contributed by atoms with van der Waals surface area (Å²) in [4.78, 5) is 13.9. The zero-order valence-electron chi connectivity index (χ0n) is 8.31. The van der Waals surface area contributed by atoms with Gasteiger partial charge >= 0.3 is 0 Å². The van der Waals surface area contributed by atoms with Crippen LogP contribution in [0, 0.1) is 4.77 Å². The molecule has 0 radical (unpaired) electrons. The van der Waals surface area contributed by atoms with Gasteiger partial charge in [0.05, 0.1) is 0 Å². The van der Waals surface area contributed by atoms with E-state index in [1.165, 1.54) is 0 Å². The van der Waals surface area contributed by atoms with Crippen LogP contribution in [0.1, 0.15) is 11.3 Å². The average Bonchev–Trinajstić information content (AvgIpc) is 2.29. The minimum absolute atomic E-state index is 0.224. The number of nitrogens with zero attached hydrogens (tertiary/aromatic N) is 1. The highest BCUT2D eigenvalue weighted by molar-refractivity contribution is 7.71. The van der Waals surface area contributed by atoms with E-state index in [0.717, 1.165) is 5.56 Å². The second kappa shape index (κ2) is 4.67. The van der Waals surface area contributed by atoms with Gasteiger partial charge in [0.2, 0.25) is 0 Å². The molecule has 5 heteroatoms. The number of aromatic nitrogens is 3. The van der Waals surface area contributed by atoms with Gasteiger partial charge in [-0.15, -0.1) is 0 Å². The third-order valence-corrected chi connectivity index (χ3v) is 2.16. The maximum atomic E-state index is 11.4. The maximum absolute atomic E-state index is 11.4. The number of aromatic amines is 2. The molecule has 0 aliphatic carbocycles. The predicted octanol–water partition coefficient (Wildman–Crippen LogP) is 2.00. The van der Waals surface area contributed by atoms with E-state index >= 15 is 0 Å². The highest BCUT2D eigenvalue weighted by atomic mass is 32.1. The van der Waals surface area contributed by atoms with Gasteiger partial charge in [-0.05, 0) is 23.9 Å². The Labute approximate surface area is 96.7 Å². The van der Waals surface area contributed by atoms with Crippen molar-refractivity contribution < 1.29 is 0 Å². The fourth-order valence-electron chi connectivity index (χ4n) is 1.21. The highest BCUT2D eigenvalue weighted by Crippen LogP contribution is 2.02. The molecule has 0 unspecified atom stereocenters. The van der Waals surface area contributed by atoms with Crippen molar-refractivity contribution in [2.45, 2.75) is 0 Å². The van der Waals surface area contributed by atoms with Crippen LogP contribution in [-0.4, -0.2) is 15.2 Å². The van der Waals surface area contributed by atoms with Crippen molar-refractivity contribution >= 4 is 24.4 Å². The van der Waals surface area contributed by atoms with E-state index < -0.39 is 0 Å². The maximum Gasteiger partial charge on any atom is 0.277 e. The fourth-order valence-corrected chi connectivity index (χ4v) is 1.35. The number of hydrogen-bond acceptors (Lipinski definition) is 3. The van der Waals surface area contributed by atoms with Gasteiger partial charge in [0.25, 0.3) is 5.56 Å². The summed E-state index contributed by atoms with van der Waals surface area (Å²) in [6.45, 7) is 0. The van der Waals surface area contributed by atoms with Crippen LogP contribution < -0.4 is 5.56 Å². The number of H-pyrrole nitrogens is 2. The molecule has 1 aromatic heterocycles. The molecule has 0 amide bonds. The van der Waals surface area contributed by atoms with E-state index in [0.29, 0.717) is 5.69 Å². The number of nitrogens with one attached hydrogen (secondary N) is 2. The summed E-state index contributed by atoms with van der Waals surface area (Å²) in [6.07, 6.45) is 3.45. The molecule has 4 nitrogen and oxygen atoms in total. The van der Waals surface area contributed by atoms with Gasteiger partial charge in [-0.2, -0.15) is 5.10 Å². The van der Waals surface area contributed by atoms with Crippen molar-refractivity contribution in [3.05, 3.63) is 56.7 Å². The van der Waals surface area contributed by atoms with Crippen LogP contribution in [0.5, 0.6) is 0 Å². The van der Waals surface area contributed by atoms with E-state index in [1.54, 1.807) is 6.08 Å². The van der Waals surface area contributed by atoms with Gasteiger partial charge in [0.15, 0.2) is 4.77 Å². The minimum atomic E-state index is -0.295. The van der Waals surface area contributed by atoms with Crippen LogP contribution >= 0.6 is 12.2 Å². The molecule has 0 fully saturated rings. The number of rotatable bonds is 2. The van der Waals surface area contributed by atoms with Crippen LogP contribution in [0.3, 0.4) is 0 Å². The van der Waals surface area contributed by atoms with Crippen LogP contribution in [0.25, 0.3) is 12.2 Å². The SMILES string of the molecule is O=c1[nH]c(=S)[nH]nc1C=Cc1ccccc1. The van der Waals surface area contributed by atoms with Crippen molar-refractivity contribution in [3.8, 4) is 0 Å². The molecule has 0 aliphatic heterocycles. The second-order valence-electron chi connectivity index (χ2n) is 3.14. The van der Waals surface area contributed by atoms with E-state index in [4.69, 9.17) is 12.2 Å². The lowest BCUT2D eigenvalue weighted by atomic mass is 10.2. The van der Waals surface area contributed by atoms with Crippen molar-refractivity contribution in [2.24, 2.45) is 0 Å². The summed E-state index contributed by atoms with van der Waals surface area (Å²) in [7, 11) is 0. The Morgan fingerprint density at radius 1 is 1.19 bits per heavy atom. The lowest BCUT2D eigenvalue weighted by Gasteiger charge is -1.92. The lowest BCUT2D eigenvalue weighted by molar-refractivity contribution is 0.912. The van der Waals surface area contributed by atoms with Gasteiger partial charge in [-0.25, -0.2) is 0 Å². The molecule has 2 rings (SSSR count). The lowest BCUT2D eigenvalue weighted by Crippen LogP contribution is -2.12. The summed E-state index contributed by atoms with van der Waals surface area (Å²) < 4.78 is 0.224. The molecular formula is C11H9N3OS. The van der Waals surface area contributed by atoms with Crippen molar-refractivity contribution in [1.82, 2.24) is 15.2 Å². The zero-order chi connectivity index (χ0) is 11.4. The second-order valence-corrected chi connectivity index (χ2v) is 3.54. The van der Waals surface area contributed by atoms with Crippen molar-refractivity contribution in [1.29, 1.82) is 0 Å².